The number of aromatic nitrogens is 1. The first-order chi connectivity index (χ1) is 12.5. The third-order valence-corrected chi connectivity index (χ3v) is 6.76. The predicted octanol–water partition coefficient (Wildman–Crippen LogP) is 4.37. The van der Waals surface area contributed by atoms with Crippen LogP contribution in [0.5, 0.6) is 0 Å². The van der Waals surface area contributed by atoms with E-state index in [9.17, 15) is 13.7 Å². The van der Waals surface area contributed by atoms with Gasteiger partial charge in [0.05, 0.1) is 22.4 Å². The van der Waals surface area contributed by atoms with Gasteiger partial charge in [-0.2, -0.15) is 18.1 Å². The highest BCUT2D eigenvalue weighted by Crippen LogP contribution is 2.35. The maximum absolute atomic E-state index is 12.3. The SMILES string of the molecule is N#C[C@H](C1=NS(=O)(=O)c2ccccc21)c1nc(-c2ccc(Br)cc2)cs1. The molecule has 0 aliphatic carbocycles. The van der Waals surface area contributed by atoms with Crippen LogP contribution in [0.1, 0.15) is 16.5 Å². The summed E-state index contributed by atoms with van der Waals surface area (Å²) in [5.74, 6) is -0.831. The van der Waals surface area contributed by atoms with Crippen molar-refractivity contribution in [2.75, 3.05) is 0 Å². The molecule has 0 spiro atoms. The molecule has 4 rings (SSSR count). The molecular weight excluding hydrogens is 434 g/mol. The molecule has 1 aromatic heterocycles. The van der Waals surface area contributed by atoms with Crippen molar-refractivity contribution >= 4 is 43.0 Å². The van der Waals surface area contributed by atoms with Crippen LogP contribution in [0.25, 0.3) is 11.3 Å². The van der Waals surface area contributed by atoms with E-state index in [0.717, 1.165) is 15.7 Å². The van der Waals surface area contributed by atoms with Crippen LogP contribution in [0, 0.1) is 11.3 Å². The maximum atomic E-state index is 12.3. The Morgan fingerprint density at radius 1 is 1.12 bits per heavy atom. The first kappa shape index (κ1) is 17.1. The number of benzene rings is 2. The van der Waals surface area contributed by atoms with Gasteiger partial charge in [-0.3, -0.25) is 0 Å². The standard InChI is InChI=1S/C18H10BrN3O2S2/c19-12-7-5-11(6-8-12)15-10-25-18(21-15)14(9-20)17-13-3-1-2-4-16(13)26(23,24)22-17/h1-8,10,14H/t14-/m1/s1. The second kappa shape index (κ2) is 6.43. The van der Waals surface area contributed by atoms with Gasteiger partial charge in [-0.15, -0.1) is 11.3 Å². The van der Waals surface area contributed by atoms with Crippen molar-refractivity contribution < 1.29 is 8.42 Å². The Bertz CT molecular complexity index is 1180. The summed E-state index contributed by atoms with van der Waals surface area (Å²) in [6.45, 7) is 0. The minimum absolute atomic E-state index is 0.139. The van der Waals surface area contributed by atoms with Gasteiger partial charge in [0.15, 0.2) is 0 Å². The quantitative estimate of drug-likeness (QED) is 0.601. The summed E-state index contributed by atoms with van der Waals surface area (Å²) in [4.78, 5) is 4.69. The number of nitrogens with zero attached hydrogens (tertiary/aromatic N) is 3. The predicted molar refractivity (Wildman–Crippen MR) is 104 cm³/mol. The fourth-order valence-corrected chi connectivity index (χ4v) is 5.15. The second-order valence-corrected chi connectivity index (χ2v) is 8.97. The molecule has 5 nitrogen and oxygen atoms in total. The van der Waals surface area contributed by atoms with E-state index in [2.05, 4.69) is 31.4 Å². The molecule has 0 N–H and O–H groups in total. The Morgan fingerprint density at radius 2 is 1.85 bits per heavy atom. The van der Waals surface area contributed by atoms with Gasteiger partial charge in [-0.05, 0) is 18.2 Å². The molecule has 3 aromatic rings. The van der Waals surface area contributed by atoms with Crippen LogP contribution >= 0.6 is 27.3 Å². The average molecular weight is 444 g/mol. The van der Waals surface area contributed by atoms with Crippen LogP contribution in [-0.4, -0.2) is 19.1 Å². The fourth-order valence-electron chi connectivity index (χ4n) is 2.75. The minimum Gasteiger partial charge on any atom is -0.239 e. The molecule has 8 heteroatoms. The molecule has 1 aliphatic rings. The van der Waals surface area contributed by atoms with E-state index in [1.54, 1.807) is 18.2 Å². The van der Waals surface area contributed by atoms with E-state index in [1.807, 2.05) is 29.6 Å². The molecule has 1 aliphatic heterocycles. The van der Waals surface area contributed by atoms with Crippen molar-refractivity contribution in [3.05, 3.63) is 69.0 Å². The fraction of sp³-hybridized carbons (Fsp3) is 0.0556. The van der Waals surface area contributed by atoms with E-state index < -0.39 is 15.9 Å². The van der Waals surface area contributed by atoms with Crippen molar-refractivity contribution in [2.24, 2.45) is 4.40 Å². The summed E-state index contributed by atoms with van der Waals surface area (Å²) in [7, 11) is -3.76. The molecule has 0 fully saturated rings. The lowest BCUT2D eigenvalue weighted by Gasteiger charge is -2.06. The number of halogens is 1. The molecule has 0 saturated heterocycles. The first-order valence-corrected chi connectivity index (χ1v) is 10.7. The molecular formula is C18H10BrN3O2S2. The number of hydrogen-bond acceptors (Lipinski definition) is 5. The van der Waals surface area contributed by atoms with E-state index in [1.165, 1.54) is 17.4 Å². The van der Waals surface area contributed by atoms with E-state index in [4.69, 9.17) is 0 Å². The van der Waals surface area contributed by atoms with Crippen LogP contribution in [0.3, 0.4) is 0 Å². The topological polar surface area (TPSA) is 83.2 Å². The molecule has 1 atom stereocenters. The smallest absolute Gasteiger partial charge is 0.239 e. The molecule has 0 amide bonds. The summed E-state index contributed by atoms with van der Waals surface area (Å²) in [5, 5.41) is 12.1. The number of nitriles is 1. The average Bonchev–Trinajstić information content (AvgIpc) is 3.21. The maximum Gasteiger partial charge on any atom is 0.283 e. The van der Waals surface area contributed by atoms with Gasteiger partial charge in [-0.1, -0.05) is 46.3 Å². The number of hydrogen-bond donors (Lipinski definition) is 0. The molecule has 0 saturated carbocycles. The van der Waals surface area contributed by atoms with Crippen molar-refractivity contribution in [3.63, 3.8) is 0 Å². The summed E-state index contributed by atoms with van der Waals surface area (Å²) < 4.78 is 29.3. The van der Waals surface area contributed by atoms with Crippen LogP contribution in [0.15, 0.2) is 67.7 Å². The minimum atomic E-state index is -3.76. The summed E-state index contributed by atoms with van der Waals surface area (Å²) >= 11 is 4.72. The highest BCUT2D eigenvalue weighted by molar-refractivity contribution is 9.10. The lowest BCUT2D eigenvalue weighted by atomic mass is 9.98. The number of fused-ring (bicyclic) bond motifs is 1. The highest BCUT2D eigenvalue weighted by atomic mass is 79.9. The van der Waals surface area contributed by atoms with Gasteiger partial charge >= 0.3 is 0 Å². The lowest BCUT2D eigenvalue weighted by Crippen LogP contribution is -2.10. The normalized spacial score (nSPS) is 15.8. The number of sulfonamides is 1. The Labute approximate surface area is 162 Å². The summed E-state index contributed by atoms with van der Waals surface area (Å²) in [6, 6.07) is 16.4. The zero-order chi connectivity index (χ0) is 18.3. The Morgan fingerprint density at radius 3 is 2.58 bits per heavy atom. The van der Waals surface area contributed by atoms with Crippen LogP contribution < -0.4 is 0 Å². The number of thiazole rings is 1. The van der Waals surface area contributed by atoms with Gasteiger partial charge in [0.2, 0.25) is 0 Å². The highest BCUT2D eigenvalue weighted by Gasteiger charge is 2.34. The van der Waals surface area contributed by atoms with Crippen molar-refractivity contribution in [3.8, 4) is 17.3 Å². The second-order valence-electron chi connectivity index (χ2n) is 5.59. The molecule has 0 bridgehead atoms. The molecule has 2 heterocycles. The van der Waals surface area contributed by atoms with Crippen LogP contribution in [0.2, 0.25) is 0 Å². The summed E-state index contributed by atoms with van der Waals surface area (Å²) in [5.41, 5.74) is 2.38. The van der Waals surface area contributed by atoms with Crippen LogP contribution in [0.4, 0.5) is 0 Å². The Kier molecular flexibility index (Phi) is 4.23. The third-order valence-electron chi connectivity index (χ3n) is 3.97. The lowest BCUT2D eigenvalue weighted by molar-refractivity contribution is 0.599. The molecule has 0 unspecified atom stereocenters. The summed E-state index contributed by atoms with van der Waals surface area (Å²) in [6.07, 6.45) is 0. The van der Waals surface area contributed by atoms with E-state index in [-0.39, 0.29) is 10.6 Å². The van der Waals surface area contributed by atoms with Gasteiger partial charge < -0.3 is 0 Å². The van der Waals surface area contributed by atoms with Crippen molar-refractivity contribution in [1.29, 1.82) is 5.26 Å². The van der Waals surface area contributed by atoms with E-state index in [0.29, 0.717) is 10.6 Å². The van der Waals surface area contributed by atoms with Gasteiger partial charge in [0.25, 0.3) is 10.0 Å². The van der Waals surface area contributed by atoms with Gasteiger partial charge in [0, 0.05) is 21.0 Å². The largest absolute Gasteiger partial charge is 0.283 e. The molecule has 128 valence electrons. The first-order valence-electron chi connectivity index (χ1n) is 7.55. The zero-order valence-corrected chi connectivity index (χ0v) is 16.3. The van der Waals surface area contributed by atoms with E-state index >= 15 is 0 Å². The Hall–Kier alpha value is -2.34. The third kappa shape index (κ3) is 2.88. The number of rotatable bonds is 3. The molecule has 2 aromatic carbocycles. The molecule has 26 heavy (non-hydrogen) atoms. The Balaban J connectivity index is 1.76. The van der Waals surface area contributed by atoms with Crippen LogP contribution in [-0.2, 0) is 10.0 Å². The van der Waals surface area contributed by atoms with Gasteiger partial charge in [-0.25, -0.2) is 4.98 Å². The zero-order valence-electron chi connectivity index (χ0n) is 13.1. The van der Waals surface area contributed by atoms with Gasteiger partial charge in [0.1, 0.15) is 10.9 Å². The molecule has 0 radical (unpaired) electrons. The van der Waals surface area contributed by atoms with Crippen molar-refractivity contribution in [1.82, 2.24) is 4.98 Å². The monoisotopic (exact) mass is 443 g/mol. The van der Waals surface area contributed by atoms with Crippen molar-refractivity contribution in [2.45, 2.75) is 10.8 Å².